The van der Waals surface area contributed by atoms with Gasteiger partial charge in [0.1, 0.15) is 6.04 Å². The Hall–Kier alpha value is -2.53. The first-order chi connectivity index (χ1) is 10.6. The van der Waals surface area contributed by atoms with Crippen molar-refractivity contribution in [2.75, 3.05) is 6.54 Å². The zero-order valence-electron chi connectivity index (χ0n) is 12.5. The highest BCUT2D eigenvalue weighted by Gasteiger charge is 2.33. The van der Waals surface area contributed by atoms with E-state index in [9.17, 15) is 9.59 Å². The van der Waals surface area contributed by atoms with E-state index < -0.39 is 11.9 Å². The number of nitrogens with zero attached hydrogens (tertiary/aromatic N) is 4. The Morgan fingerprint density at radius 3 is 2.95 bits per heavy atom. The molecule has 1 aliphatic heterocycles. The van der Waals surface area contributed by atoms with Crippen molar-refractivity contribution >= 4 is 17.5 Å². The molecule has 2 amide bonds. The normalized spacial score (nSPS) is 19.4. The molecule has 0 aliphatic carbocycles. The number of carbonyl (C=O) groups is 2. The second-order valence-corrected chi connectivity index (χ2v) is 5.39. The van der Waals surface area contributed by atoms with Crippen molar-refractivity contribution < 1.29 is 9.59 Å². The SMILES string of the molecule is CCC(C(N)=O)N1CCC(c2cccc(N=[N+]=[N-])c2)CC1=O. The number of hydrogen-bond acceptors (Lipinski definition) is 3. The number of rotatable bonds is 5. The summed E-state index contributed by atoms with van der Waals surface area (Å²) in [6.07, 6.45) is 1.62. The quantitative estimate of drug-likeness (QED) is 0.512. The van der Waals surface area contributed by atoms with Crippen molar-refractivity contribution in [3.05, 3.63) is 40.3 Å². The molecular weight excluding hydrogens is 282 g/mol. The molecule has 0 saturated carbocycles. The molecule has 2 atom stereocenters. The smallest absolute Gasteiger partial charge is 0.240 e. The summed E-state index contributed by atoms with van der Waals surface area (Å²) in [5, 5.41) is 3.58. The van der Waals surface area contributed by atoms with Gasteiger partial charge in [0.2, 0.25) is 11.8 Å². The summed E-state index contributed by atoms with van der Waals surface area (Å²) in [5.41, 5.74) is 15.4. The molecule has 2 unspecified atom stereocenters. The number of nitrogens with two attached hydrogens (primary N) is 1. The van der Waals surface area contributed by atoms with Gasteiger partial charge in [-0.2, -0.15) is 0 Å². The lowest BCUT2D eigenvalue weighted by molar-refractivity contribution is -0.142. The Balaban J connectivity index is 2.13. The van der Waals surface area contributed by atoms with Crippen molar-refractivity contribution in [1.82, 2.24) is 4.90 Å². The second kappa shape index (κ2) is 6.95. The van der Waals surface area contributed by atoms with Gasteiger partial charge in [-0.05, 0) is 35.9 Å². The van der Waals surface area contributed by atoms with Crippen LogP contribution in [0.2, 0.25) is 0 Å². The molecule has 2 rings (SSSR count). The minimum atomic E-state index is -0.525. The van der Waals surface area contributed by atoms with Crippen LogP contribution in [-0.4, -0.2) is 29.3 Å². The third kappa shape index (κ3) is 3.38. The number of piperidine rings is 1. The van der Waals surface area contributed by atoms with Crippen LogP contribution in [-0.2, 0) is 9.59 Å². The van der Waals surface area contributed by atoms with Crippen molar-refractivity contribution in [3.63, 3.8) is 0 Å². The highest BCUT2D eigenvalue weighted by molar-refractivity contribution is 5.87. The summed E-state index contributed by atoms with van der Waals surface area (Å²) in [6, 6.07) is 6.74. The summed E-state index contributed by atoms with van der Waals surface area (Å²) < 4.78 is 0. The number of azide groups is 1. The average molecular weight is 301 g/mol. The average Bonchev–Trinajstić information content (AvgIpc) is 2.50. The molecule has 1 saturated heterocycles. The van der Waals surface area contributed by atoms with Crippen LogP contribution < -0.4 is 5.73 Å². The number of amides is 2. The van der Waals surface area contributed by atoms with E-state index in [1.807, 2.05) is 19.1 Å². The van der Waals surface area contributed by atoms with E-state index in [0.717, 1.165) is 12.0 Å². The first kappa shape index (κ1) is 15.9. The van der Waals surface area contributed by atoms with Crippen LogP contribution in [0, 0.1) is 0 Å². The molecule has 0 bridgehead atoms. The van der Waals surface area contributed by atoms with E-state index >= 15 is 0 Å². The second-order valence-electron chi connectivity index (χ2n) is 5.39. The number of carbonyl (C=O) groups excluding carboxylic acids is 2. The number of likely N-dealkylation sites (tertiary alicyclic amines) is 1. The molecule has 2 N–H and O–H groups in total. The predicted molar refractivity (Wildman–Crippen MR) is 82.2 cm³/mol. The summed E-state index contributed by atoms with van der Waals surface area (Å²) in [6.45, 7) is 2.36. The van der Waals surface area contributed by atoms with Gasteiger partial charge in [0.15, 0.2) is 0 Å². The van der Waals surface area contributed by atoms with Gasteiger partial charge in [0, 0.05) is 23.6 Å². The number of primary amides is 1. The summed E-state index contributed by atoms with van der Waals surface area (Å²) in [7, 11) is 0. The van der Waals surface area contributed by atoms with E-state index in [1.54, 1.807) is 17.0 Å². The molecule has 1 aromatic carbocycles. The fraction of sp³-hybridized carbons (Fsp3) is 0.467. The molecule has 0 aromatic heterocycles. The van der Waals surface area contributed by atoms with Gasteiger partial charge in [-0.3, -0.25) is 9.59 Å². The molecule has 7 heteroatoms. The lowest BCUT2D eigenvalue weighted by Crippen LogP contribution is -2.50. The Morgan fingerprint density at radius 1 is 1.59 bits per heavy atom. The fourth-order valence-corrected chi connectivity index (χ4v) is 2.93. The summed E-state index contributed by atoms with van der Waals surface area (Å²) in [4.78, 5) is 28.1. The number of hydrogen-bond donors (Lipinski definition) is 1. The third-order valence-electron chi connectivity index (χ3n) is 4.05. The maximum absolute atomic E-state index is 12.3. The first-order valence-electron chi connectivity index (χ1n) is 7.30. The van der Waals surface area contributed by atoms with Crippen molar-refractivity contribution in [2.24, 2.45) is 10.8 Å². The van der Waals surface area contributed by atoms with Gasteiger partial charge in [-0.15, -0.1) is 0 Å². The van der Waals surface area contributed by atoms with Gasteiger partial charge in [-0.1, -0.05) is 30.2 Å². The summed E-state index contributed by atoms with van der Waals surface area (Å²) in [5.74, 6) is -0.446. The molecule has 116 valence electrons. The van der Waals surface area contributed by atoms with E-state index in [4.69, 9.17) is 11.3 Å². The zero-order chi connectivity index (χ0) is 16.1. The largest absolute Gasteiger partial charge is 0.368 e. The van der Waals surface area contributed by atoms with Crippen molar-refractivity contribution in [2.45, 2.75) is 38.1 Å². The Bertz CT molecular complexity index is 624. The molecule has 1 fully saturated rings. The van der Waals surface area contributed by atoms with E-state index in [1.165, 1.54) is 0 Å². The molecule has 22 heavy (non-hydrogen) atoms. The topological polar surface area (TPSA) is 112 Å². The molecule has 7 nitrogen and oxygen atoms in total. The highest BCUT2D eigenvalue weighted by Crippen LogP contribution is 2.31. The highest BCUT2D eigenvalue weighted by atomic mass is 16.2. The lowest BCUT2D eigenvalue weighted by atomic mass is 9.88. The van der Waals surface area contributed by atoms with Gasteiger partial charge < -0.3 is 10.6 Å². The minimum absolute atomic E-state index is 0.0592. The zero-order valence-corrected chi connectivity index (χ0v) is 12.5. The Labute approximate surface area is 128 Å². The van der Waals surface area contributed by atoms with E-state index in [-0.39, 0.29) is 11.8 Å². The van der Waals surface area contributed by atoms with E-state index in [0.29, 0.717) is 25.1 Å². The first-order valence-corrected chi connectivity index (χ1v) is 7.30. The van der Waals surface area contributed by atoms with Crippen LogP contribution in [0.1, 0.15) is 37.7 Å². The van der Waals surface area contributed by atoms with Gasteiger partial charge in [0.25, 0.3) is 0 Å². The molecule has 0 spiro atoms. The summed E-state index contributed by atoms with van der Waals surface area (Å²) >= 11 is 0. The van der Waals surface area contributed by atoms with Gasteiger partial charge >= 0.3 is 0 Å². The Kier molecular flexibility index (Phi) is 5.01. The van der Waals surface area contributed by atoms with Gasteiger partial charge in [0.05, 0.1) is 0 Å². The van der Waals surface area contributed by atoms with Gasteiger partial charge in [-0.25, -0.2) is 0 Å². The molecule has 1 aromatic rings. The minimum Gasteiger partial charge on any atom is -0.368 e. The molecule has 0 radical (unpaired) electrons. The molecule has 1 heterocycles. The van der Waals surface area contributed by atoms with Crippen LogP contribution in [0.4, 0.5) is 5.69 Å². The van der Waals surface area contributed by atoms with Crippen LogP contribution in [0.5, 0.6) is 0 Å². The molecule has 1 aliphatic rings. The number of benzene rings is 1. The van der Waals surface area contributed by atoms with Crippen LogP contribution >= 0.6 is 0 Å². The van der Waals surface area contributed by atoms with Crippen molar-refractivity contribution in [3.8, 4) is 0 Å². The third-order valence-corrected chi connectivity index (χ3v) is 4.05. The molecular formula is C15H19N5O2. The van der Waals surface area contributed by atoms with E-state index in [2.05, 4.69) is 10.0 Å². The monoisotopic (exact) mass is 301 g/mol. The van der Waals surface area contributed by atoms with Crippen LogP contribution in [0.15, 0.2) is 29.4 Å². The van der Waals surface area contributed by atoms with Crippen molar-refractivity contribution in [1.29, 1.82) is 0 Å². The predicted octanol–water partition coefficient (Wildman–Crippen LogP) is 2.60. The maximum atomic E-state index is 12.3. The Morgan fingerprint density at radius 2 is 2.36 bits per heavy atom. The lowest BCUT2D eigenvalue weighted by Gasteiger charge is -2.36. The van der Waals surface area contributed by atoms with Crippen LogP contribution in [0.3, 0.4) is 0 Å². The van der Waals surface area contributed by atoms with Crippen LogP contribution in [0.25, 0.3) is 10.4 Å². The fourth-order valence-electron chi connectivity index (χ4n) is 2.93. The maximum Gasteiger partial charge on any atom is 0.240 e. The standard InChI is InChI=1S/C15H19N5O2/c1-2-13(15(16)22)20-7-6-11(9-14(20)21)10-4-3-5-12(8-10)18-19-17/h3-5,8,11,13H,2,6-7,9H2,1H3,(H2,16,22).